The summed E-state index contributed by atoms with van der Waals surface area (Å²) in [6.45, 7) is 6.42. The molecule has 0 fully saturated rings. The smallest absolute Gasteiger partial charge is 0.318 e. The summed E-state index contributed by atoms with van der Waals surface area (Å²) in [7, 11) is 1.84. The van der Waals surface area contributed by atoms with Crippen molar-refractivity contribution in [3.63, 3.8) is 0 Å². The number of hydrogen-bond donors (Lipinski definition) is 0. The van der Waals surface area contributed by atoms with E-state index in [1.807, 2.05) is 27.8 Å². The zero-order chi connectivity index (χ0) is 13.1. The average Bonchev–Trinajstić information content (AvgIpc) is 2.96. The van der Waals surface area contributed by atoms with Crippen LogP contribution in [0.2, 0.25) is 0 Å². The first kappa shape index (κ1) is 12.5. The fourth-order valence-electron chi connectivity index (χ4n) is 1.38. The minimum atomic E-state index is 0.228. The zero-order valence-electron chi connectivity index (χ0n) is 11.0. The number of hydrogen-bond acceptors (Lipinski definition) is 7. The minimum absolute atomic E-state index is 0.228. The second-order valence-electron chi connectivity index (χ2n) is 4.38. The van der Waals surface area contributed by atoms with Crippen molar-refractivity contribution in [3.8, 4) is 0 Å². The number of nitrogens with zero attached hydrogens (tertiary/aromatic N) is 5. The normalized spacial score (nSPS) is 11.2. The molecule has 2 aromatic heterocycles. The van der Waals surface area contributed by atoms with Crippen molar-refractivity contribution >= 4 is 6.01 Å². The maximum absolute atomic E-state index is 5.52. The number of rotatable bonds is 5. The van der Waals surface area contributed by atoms with Crippen molar-refractivity contribution in [1.82, 2.24) is 20.4 Å². The molecular formula is C11H17N5O2. The molecule has 2 heterocycles. The van der Waals surface area contributed by atoms with Crippen LogP contribution < -0.4 is 4.90 Å². The summed E-state index contributed by atoms with van der Waals surface area (Å²) in [6, 6.07) is 0.455. The molecular weight excluding hydrogens is 234 g/mol. The van der Waals surface area contributed by atoms with Gasteiger partial charge in [-0.3, -0.25) is 0 Å². The molecule has 0 N–H and O–H groups in total. The van der Waals surface area contributed by atoms with E-state index in [0.717, 1.165) is 6.42 Å². The molecule has 7 nitrogen and oxygen atoms in total. The lowest BCUT2D eigenvalue weighted by Crippen LogP contribution is -2.16. The zero-order valence-corrected chi connectivity index (χ0v) is 11.0. The van der Waals surface area contributed by atoms with E-state index >= 15 is 0 Å². The van der Waals surface area contributed by atoms with E-state index in [4.69, 9.17) is 8.83 Å². The molecule has 0 atom stereocenters. The van der Waals surface area contributed by atoms with Crippen LogP contribution in [0.5, 0.6) is 0 Å². The Morgan fingerprint density at radius 2 is 1.78 bits per heavy atom. The molecule has 0 aliphatic heterocycles. The summed E-state index contributed by atoms with van der Waals surface area (Å²) >= 11 is 0. The van der Waals surface area contributed by atoms with Gasteiger partial charge in [0.1, 0.15) is 6.54 Å². The van der Waals surface area contributed by atoms with Gasteiger partial charge in [-0.15, -0.1) is 15.3 Å². The third-order valence-corrected chi connectivity index (χ3v) is 2.43. The Morgan fingerprint density at radius 1 is 1.06 bits per heavy atom. The van der Waals surface area contributed by atoms with E-state index in [2.05, 4.69) is 20.4 Å². The fourth-order valence-corrected chi connectivity index (χ4v) is 1.38. The van der Waals surface area contributed by atoms with Gasteiger partial charge in [-0.05, 0) is 0 Å². The van der Waals surface area contributed by atoms with Crippen molar-refractivity contribution in [3.05, 3.63) is 17.7 Å². The lowest BCUT2D eigenvalue weighted by atomic mass is 10.2. The highest BCUT2D eigenvalue weighted by Crippen LogP contribution is 2.16. The highest BCUT2D eigenvalue weighted by Gasteiger charge is 2.15. The van der Waals surface area contributed by atoms with Crippen molar-refractivity contribution in [2.24, 2.45) is 0 Å². The van der Waals surface area contributed by atoms with Gasteiger partial charge < -0.3 is 13.7 Å². The van der Waals surface area contributed by atoms with Crippen LogP contribution in [0.1, 0.15) is 44.4 Å². The minimum Gasteiger partial charge on any atom is -0.423 e. The van der Waals surface area contributed by atoms with Gasteiger partial charge in [0, 0.05) is 19.4 Å². The third-order valence-electron chi connectivity index (χ3n) is 2.43. The molecule has 2 rings (SSSR count). The van der Waals surface area contributed by atoms with Crippen LogP contribution in [0.25, 0.3) is 0 Å². The summed E-state index contributed by atoms with van der Waals surface area (Å²) < 4.78 is 11.0. The summed E-state index contributed by atoms with van der Waals surface area (Å²) in [5.74, 6) is 2.02. The molecule has 0 aliphatic carbocycles. The van der Waals surface area contributed by atoms with Gasteiger partial charge in [0.2, 0.25) is 17.7 Å². The second-order valence-corrected chi connectivity index (χ2v) is 4.38. The molecule has 0 bridgehead atoms. The second kappa shape index (κ2) is 5.16. The Balaban J connectivity index is 2.03. The van der Waals surface area contributed by atoms with Gasteiger partial charge in [-0.25, -0.2) is 0 Å². The van der Waals surface area contributed by atoms with E-state index in [9.17, 15) is 0 Å². The summed E-state index contributed by atoms with van der Waals surface area (Å²) in [4.78, 5) is 1.78. The van der Waals surface area contributed by atoms with Gasteiger partial charge in [0.05, 0.1) is 0 Å². The molecule has 7 heteroatoms. The number of aromatic nitrogens is 4. The molecule has 0 unspecified atom stereocenters. The van der Waals surface area contributed by atoms with E-state index in [1.54, 1.807) is 4.90 Å². The summed E-state index contributed by atoms with van der Waals surface area (Å²) in [5.41, 5.74) is 0. The van der Waals surface area contributed by atoms with Crippen LogP contribution in [0, 0.1) is 0 Å². The SMILES string of the molecule is CCc1nnc(N(C)Cc2nnc(C(C)C)o2)o1. The van der Waals surface area contributed by atoms with Gasteiger partial charge in [-0.1, -0.05) is 25.9 Å². The average molecular weight is 251 g/mol. The maximum Gasteiger partial charge on any atom is 0.318 e. The van der Waals surface area contributed by atoms with Crippen molar-refractivity contribution in [1.29, 1.82) is 0 Å². The van der Waals surface area contributed by atoms with Crippen LogP contribution in [0.15, 0.2) is 8.83 Å². The molecule has 0 saturated heterocycles. The van der Waals surface area contributed by atoms with Gasteiger partial charge in [-0.2, -0.15) is 0 Å². The molecule has 18 heavy (non-hydrogen) atoms. The third kappa shape index (κ3) is 2.66. The number of anilines is 1. The number of aryl methyl sites for hydroxylation is 1. The van der Waals surface area contributed by atoms with E-state index in [-0.39, 0.29) is 5.92 Å². The van der Waals surface area contributed by atoms with Gasteiger partial charge >= 0.3 is 6.01 Å². The van der Waals surface area contributed by atoms with E-state index < -0.39 is 0 Å². The predicted molar refractivity (Wildman–Crippen MR) is 64.2 cm³/mol. The van der Waals surface area contributed by atoms with E-state index in [1.165, 1.54) is 0 Å². The van der Waals surface area contributed by atoms with Gasteiger partial charge in [0.15, 0.2) is 0 Å². The molecule has 0 amide bonds. The highest BCUT2D eigenvalue weighted by atomic mass is 16.4. The predicted octanol–water partition coefficient (Wildman–Crippen LogP) is 1.77. The molecule has 2 aromatic rings. The first-order valence-corrected chi connectivity index (χ1v) is 5.96. The Bertz CT molecular complexity index is 505. The summed E-state index contributed by atoms with van der Waals surface area (Å²) in [5, 5.41) is 15.8. The molecule has 0 aromatic carbocycles. The van der Waals surface area contributed by atoms with Crippen LogP contribution >= 0.6 is 0 Å². The van der Waals surface area contributed by atoms with Gasteiger partial charge in [0.25, 0.3) is 0 Å². The molecule has 0 spiro atoms. The van der Waals surface area contributed by atoms with Crippen molar-refractivity contribution < 1.29 is 8.83 Å². The maximum atomic E-state index is 5.52. The van der Waals surface area contributed by atoms with Crippen LogP contribution in [0.3, 0.4) is 0 Å². The Kier molecular flexibility index (Phi) is 3.59. The molecule has 0 radical (unpaired) electrons. The summed E-state index contributed by atoms with van der Waals surface area (Å²) in [6.07, 6.45) is 0.721. The van der Waals surface area contributed by atoms with E-state index in [0.29, 0.717) is 30.2 Å². The van der Waals surface area contributed by atoms with Crippen LogP contribution in [0.4, 0.5) is 6.01 Å². The van der Waals surface area contributed by atoms with Crippen molar-refractivity contribution in [2.45, 2.75) is 39.7 Å². The lowest BCUT2D eigenvalue weighted by Gasteiger charge is -2.10. The Hall–Kier alpha value is -1.92. The highest BCUT2D eigenvalue weighted by molar-refractivity contribution is 5.22. The molecule has 98 valence electrons. The topological polar surface area (TPSA) is 81.1 Å². The first-order chi connectivity index (χ1) is 8.60. The van der Waals surface area contributed by atoms with Crippen LogP contribution in [-0.4, -0.2) is 27.4 Å². The lowest BCUT2D eigenvalue weighted by molar-refractivity contribution is 0.423. The Morgan fingerprint density at radius 3 is 2.33 bits per heavy atom. The quantitative estimate of drug-likeness (QED) is 0.801. The fraction of sp³-hybridized carbons (Fsp3) is 0.636. The molecule has 0 saturated carbocycles. The monoisotopic (exact) mass is 251 g/mol. The van der Waals surface area contributed by atoms with Crippen molar-refractivity contribution in [2.75, 3.05) is 11.9 Å². The van der Waals surface area contributed by atoms with Crippen LogP contribution in [-0.2, 0) is 13.0 Å². The first-order valence-electron chi connectivity index (χ1n) is 5.96. The largest absolute Gasteiger partial charge is 0.423 e. The Labute approximate surface area is 105 Å². The molecule has 0 aliphatic rings. The standard InChI is InChI=1S/C11H17N5O2/c1-5-8-12-15-11(18-8)16(4)6-9-13-14-10(17-9)7(2)3/h7H,5-6H2,1-4H3.